The van der Waals surface area contributed by atoms with Crippen molar-refractivity contribution in [2.45, 2.75) is 0 Å². The van der Waals surface area contributed by atoms with Gasteiger partial charge in [0.15, 0.2) is 0 Å². The van der Waals surface area contributed by atoms with Crippen molar-refractivity contribution >= 4 is 37.4 Å². The summed E-state index contributed by atoms with van der Waals surface area (Å²) in [6.45, 7) is 0. The van der Waals surface area contributed by atoms with E-state index in [-0.39, 0.29) is 0 Å². The zero-order chi connectivity index (χ0) is 9.14. The fourth-order valence-corrected chi connectivity index (χ4v) is 1.77. The van der Waals surface area contributed by atoms with Crippen LogP contribution in [0.1, 0.15) is 4.88 Å². The molecule has 0 saturated heterocycles. The zero-order valence-electron chi connectivity index (χ0n) is 6.96. The molecule has 1 rings (SSSR count). The quantitative estimate of drug-likeness (QED) is 0.599. The van der Waals surface area contributed by atoms with Crippen LogP contribution in [0.4, 0.5) is 0 Å². The molecule has 59 valence electrons. The Bertz CT molecular complexity index is 296. The van der Waals surface area contributed by atoms with Crippen LogP contribution in [0.2, 0.25) is 0 Å². The molecule has 0 fully saturated rings. The zero-order valence-corrected chi connectivity index (χ0v) is 7.77. The standard InChI is InChI=1S/C7H7B2O2S/c1-10-5-4(3-8)12-7(9)6(5)11-2/h3H,1-2H3. The normalized spacial score (nSPS) is 9.42. The Morgan fingerprint density at radius 3 is 2.25 bits per heavy atom. The van der Waals surface area contributed by atoms with Gasteiger partial charge < -0.3 is 0 Å². The molecule has 5 heteroatoms. The van der Waals surface area contributed by atoms with E-state index in [4.69, 9.17) is 24.8 Å². The van der Waals surface area contributed by atoms with E-state index in [0.717, 1.165) is 4.88 Å². The van der Waals surface area contributed by atoms with Gasteiger partial charge in [0, 0.05) is 0 Å². The summed E-state index contributed by atoms with van der Waals surface area (Å²) in [4.78, 5) is 0.784. The Labute approximate surface area is 78.0 Å². The van der Waals surface area contributed by atoms with Crippen LogP contribution in [0.25, 0.3) is 0 Å². The van der Waals surface area contributed by atoms with Gasteiger partial charge >= 0.3 is 77.5 Å². The molecule has 0 aromatic carbocycles. The number of rotatable bonds is 3. The fraction of sp³-hybridized carbons (Fsp3) is 0.286. The van der Waals surface area contributed by atoms with Crippen LogP contribution in [0.5, 0.6) is 11.5 Å². The summed E-state index contributed by atoms with van der Waals surface area (Å²) in [7, 11) is 14.1. The van der Waals surface area contributed by atoms with Gasteiger partial charge in [0.05, 0.1) is 0 Å². The van der Waals surface area contributed by atoms with Crippen LogP contribution < -0.4 is 14.3 Å². The second-order valence-electron chi connectivity index (χ2n) is 2.06. The molecule has 12 heavy (non-hydrogen) atoms. The van der Waals surface area contributed by atoms with Gasteiger partial charge in [-0.1, -0.05) is 0 Å². The minimum atomic E-state index is 0.555. The first-order valence-electron chi connectivity index (χ1n) is 3.29. The van der Waals surface area contributed by atoms with Crippen LogP contribution >= 0.6 is 11.3 Å². The third-order valence-electron chi connectivity index (χ3n) is 1.43. The number of hydrogen-bond donors (Lipinski definition) is 0. The van der Waals surface area contributed by atoms with Crippen molar-refractivity contribution in [3.05, 3.63) is 4.88 Å². The Balaban J connectivity index is 3.25. The van der Waals surface area contributed by atoms with Gasteiger partial charge in [0.25, 0.3) is 0 Å². The Hall–Kier alpha value is -0.700. The van der Waals surface area contributed by atoms with E-state index in [1.165, 1.54) is 17.3 Å². The van der Waals surface area contributed by atoms with Gasteiger partial charge in [-0.15, -0.1) is 0 Å². The molecular formula is C7H7B2O2S. The molecule has 1 heterocycles. The SMILES string of the molecule is [B]c1sc(C=[B])c(OC)c1OC. The topological polar surface area (TPSA) is 18.5 Å². The molecule has 0 amide bonds. The molecule has 1 aromatic rings. The van der Waals surface area contributed by atoms with Crippen molar-refractivity contribution in [2.75, 3.05) is 14.2 Å². The number of methoxy groups -OCH3 is 2. The first-order chi connectivity index (χ1) is 5.74. The van der Waals surface area contributed by atoms with E-state index in [0.29, 0.717) is 16.3 Å². The minimum absolute atomic E-state index is 0.555. The summed E-state index contributed by atoms with van der Waals surface area (Å²) in [5.41, 5.74) is 0. The summed E-state index contributed by atoms with van der Waals surface area (Å²) in [6, 6.07) is 0. The molecule has 0 saturated carbocycles. The summed E-state index contributed by atoms with van der Waals surface area (Å²) in [6.07, 6.45) is 0. The summed E-state index contributed by atoms with van der Waals surface area (Å²) < 4.78 is 10.7. The van der Waals surface area contributed by atoms with Crippen molar-refractivity contribution < 1.29 is 9.47 Å². The molecule has 1 aromatic heterocycles. The second-order valence-corrected chi connectivity index (χ2v) is 3.15. The van der Waals surface area contributed by atoms with E-state index >= 15 is 0 Å². The first-order valence-corrected chi connectivity index (χ1v) is 4.11. The van der Waals surface area contributed by atoms with Crippen molar-refractivity contribution in [3.8, 4) is 11.5 Å². The summed E-state index contributed by atoms with van der Waals surface area (Å²) >= 11 is 1.34. The average molecular weight is 177 g/mol. The van der Waals surface area contributed by atoms with Crippen molar-refractivity contribution in [3.63, 3.8) is 0 Å². The molecule has 0 aliphatic rings. The van der Waals surface area contributed by atoms with Gasteiger partial charge in [-0.3, -0.25) is 0 Å². The fourth-order valence-electron chi connectivity index (χ4n) is 0.931. The third kappa shape index (κ3) is 1.41. The molecule has 0 atom stereocenters. The van der Waals surface area contributed by atoms with E-state index in [1.807, 2.05) is 0 Å². The average Bonchev–Trinajstić information content (AvgIpc) is 2.40. The number of thiophene rings is 1. The van der Waals surface area contributed by atoms with Crippen molar-refractivity contribution in [1.29, 1.82) is 0 Å². The molecule has 0 bridgehead atoms. The number of hydrogen-bond acceptors (Lipinski definition) is 3. The van der Waals surface area contributed by atoms with Crippen LogP contribution in [-0.2, 0) is 0 Å². The van der Waals surface area contributed by atoms with Gasteiger partial charge in [-0.05, 0) is 0 Å². The molecule has 0 aliphatic heterocycles. The Kier molecular flexibility index (Phi) is 2.98. The van der Waals surface area contributed by atoms with Crippen LogP contribution in [0, 0.1) is 0 Å². The molecular weight excluding hydrogens is 170 g/mol. The van der Waals surface area contributed by atoms with Gasteiger partial charge in [0.1, 0.15) is 0 Å². The van der Waals surface area contributed by atoms with Crippen LogP contribution in [0.15, 0.2) is 0 Å². The summed E-state index contributed by atoms with van der Waals surface area (Å²) in [5, 5.41) is 0. The van der Waals surface area contributed by atoms with Crippen molar-refractivity contribution in [1.82, 2.24) is 0 Å². The molecule has 0 spiro atoms. The van der Waals surface area contributed by atoms with E-state index in [1.54, 1.807) is 14.2 Å². The predicted octanol–water partition coefficient (Wildman–Crippen LogP) is -0.122. The molecule has 3 radical (unpaired) electrons. The van der Waals surface area contributed by atoms with Crippen LogP contribution in [-0.4, -0.2) is 35.5 Å². The molecule has 0 N–H and O–H groups in total. The van der Waals surface area contributed by atoms with E-state index < -0.39 is 0 Å². The van der Waals surface area contributed by atoms with E-state index in [2.05, 4.69) is 0 Å². The summed E-state index contributed by atoms with van der Waals surface area (Å²) in [5.74, 6) is 2.60. The Morgan fingerprint density at radius 2 is 1.83 bits per heavy atom. The van der Waals surface area contributed by atoms with Gasteiger partial charge in [-0.25, -0.2) is 0 Å². The Morgan fingerprint density at radius 1 is 1.25 bits per heavy atom. The van der Waals surface area contributed by atoms with Crippen molar-refractivity contribution in [2.24, 2.45) is 0 Å². The second kappa shape index (κ2) is 3.81. The van der Waals surface area contributed by atoms with Crippen LogP contribution in [0.3, 0.4) is 0 Å². The predicted molar refractivity (Wildman–Crippen MR) is 53.7 cm³/mol. The molecule has 2 nitrogen and oxygen atoms in total. The monoisotopic (exact) mass is 177 g/mol. The number of ether oxygens (including phenoxy) is 2. The maximum atomic E-state index is 5.64. The molecule has 0 unspecified atom stereocenters. The molecule has 0 aliphatic carbocycles. The van der Waals surface area contributed by atoms with Gasteiger partial charge in [-0.2, -0.15) is 0 Å². The third-order valence-corrected chi connectivity index (χ3v) is 2.38. The maximum absolute atomic E-state index is 5.64. The van der Waals surface area contributed by atoms with Gasteiger partial charge in [0.2, 0.25) is 0 Å². The van der Waals surface area contributed by atoms with E-state index in [9.17, 15) is 0 Å². The first kappa shape index (κ1) is 9.39.